The summed E-state index contributed by atoms with van der Waals surface area (Å²) in [5, 5.41) is 8.96. The second-order valence-electron chi connectivity index (χ2n) is 4.25. The van der Waals surface area contributed by atoms with Crippen molar-refractivity contribution in [3.63, 3.8) is 0 Å². The van der Waals surface area contributed by atoms with E-state index in [2.05, 4.69) is 6.07 Å². The highest BCUT2D eigenvalue weighted by atomic mass is 32.2. The van der Waals surface area contributed by atoms with E-state index in [0.29, 0.717) is 6.42 Å². The van der Waals surface area contributed by atoms with E-state index in [1.807, 2.05) is 31.2 Å². The van der Waals surface area contributed by atoms with Gasteiger partial charge in [-0.3, -0.25) is 0 Å². The van der Waals surface area contributed by atoms with Crippen LogP contribution in [0.2, 0.25) is 0 Å². The Hall–Kier alpha value is -1.18. The summed E-state index contributed by atoms with van der Waals surface area (Å²) >= 11 is 1.78. The maximum absolute atomic E-state index is 8.96. The summed E-state index contributed by atoms with van der Waals surface area (Å²) in [6.45, 7) is 1.96. The zero-order valence-corrected chi connectivity index (χ0v) is 11.8. The molecule has 0 bridgehead atoms. The summed E-state index contributed by atoms with van der Waals surface area (Å²) < 4.78 is 5.11. The van der Waals surface area contributed by atoms with Crippen molar-refractivity contribution in [2.75, 3.05) is 12.9 Å². The third-order valence-electron chi connectivity index (χ3n) is 2.95. The molecule has 0 saturated heterocycles. The first-order valence-corrected chi connectivity index (χ1v) is 7.09. The van der Waals surface area contributed by atoms with Gasteiger partial charge in [-0.2, -0.15) is 5.26 Å². The molecule has 1 aromatic rings. The lowest BCUT2D eigenvalue weighted by Crippen LogP contribution is -2.37. The average molecular weight is 264 g/mol. The monoisotopic (exact) mass is 264 g/mol. The van der Waals surface area contributed by atoms with Gasteiger partial charge in [-0.25, -0.2) is 0 Å². The molecule has 98 valence electrons. The highest BCUT2D eigenvalue weighted by Gasteiger charge is 2.20. The first kappa shape index (κ1) is 14.9. The maximum atomic E-state index is 8.96. The number of hydrogen-bond acceptors (Lipinski definition) is 4. The van der Waals surface area contributed by atoms with Crippen LogP contribution >= 0.6 is 11.8 Å². The van der Waals surface area contributed by atoms with Gasteiger partial charge in [-0.1, -0.05) is 6.92 Å². The zero-order valence-electron chi connectivity index (χ0n) is 11.0. The van der Waals surface area contributed by atoms with Gasteiger partial charge >= 0.3 is 0 Å². The summed E-state index contributed by atoms with van der Waals surface area (Å²) in [6, 6.07) is 10.2. The molecule has 3 nitrogen and oxygen atoms in total. The predicted octanol–water partition coefficient (Wildman–Crippen LogP) is 3.20. The molecule has 0 aliphatic heterocycles. The Balaban J connectivity index is 2.31. The van der Waals surface area contributed by atoms with Crippen LogP contribution in [0.4, 0.5) is 0 Å². The molecule has 18 heavy (non-hydrogen) atoms. The molecule has 0 aliphatic rings. The van der Waals surface area contributed by atoms with Crippen molar-refractivity contribution in [3.8, 4) is 11.8 Å². The van der Waals surface area contributed by atoms with Crippen LogP contribution in [-0.4, -0.2) is 18.4 Å². The SMILES string of the molecule is CCC(N)(C#N)CCCSc1ccc(OC)cc1. The molecule has 1 aromatic carbocycles. The van der Waals surface area contributed by atoms with Crippen LogP contribution in [0.1, 0.15) is 26.2 Å². The minimum absolute atomic E-state index is 0.652. The molecule has 0 amide bonds. The molecular formula is C14H20N2OS. The van der Waals surface area contributed by atoms with Gasteiger partial charge in [0.1, 0.15) is 11.3 Å². The Labute approximate surface area is 113 Å². The fourth-order valence-corrected chi connectivity index (χ4v) is 2.41. The van der Waals surface area contributed by atoms with E-state index < -0.39 is 5.54 Å². The topological polar surface area (TPSA) is 59.0 Å². The van der Waals surface area contributed by atoms with E-state index in [4.69, 9.17) is 15.7 Å². The fourth-order valence-electron chi connectivity index (χ4n) is 1.56. The maximum Gasteiger partial charge on any atom is 0.118 e. The van der Waals surface area contributed by atoms with Crippen molar-refractivity contribution in [2.45, 2.75) is 36.6 Å². The molecule has 4 heteroatoms. The van der Waals surface area contributed by atoms with Crippen molar-refractivity contribution in [3.05, 3.63) is 24.3 Å². The van der Waals surface area contributed by atoms with Gasteiger partial charge in [0.15, 0.2) is 0 Å². The number of rotatable bonds is 7. The average Bonchev–Trinajstić information content (AvgIpc) is 2.44. The summed E-state index contributed by atoms with van der Waals surface area (Å²) in [4.78, 5) is 1.21. The lowest BCUT2D eigenvalue weighted by atomic mass is 9.94. The van der Waals surface area contributed by atoms with Crippen molar-refractivity contribution in [1.29, 1.82) is 5.26 Å². The van der Waals surface area contributed by atoms with Crippen LogP contribution in [0.15, 0.2) is 29.2 Å². The molecule has 0 radical (unpaired) electrons. The molecule has 1 unspecified atom stereocenters. The van der Waals surface area contributed by atoms with Gasteiger partial charge in [-0.15, -0.1) is 11.8 Å². The van der Waals surface area contributed by atoms with Gasteiger partial charge in [0, 0.05) is 4.90 Å². The lowest BCUT2D eigenvalue weighted by Gasteiger charge is -2.18. The number of benzene rings is 1. The summed E-state index contributed by atoms with van der Waals surface area (Å²) in [7, 11) is 1.66. The van der Waals surface area contributed by atoms with Crippen LogP contribution in [-0.2, 0) is 0 Å². The summed E-state index contributed by atoms with van der Waals surface area (Å²) in [5.41, 5.74) is 5.27. The molecule has 1 atom stereocenters. The molecule has 0 fully saturated rings. The van der Waals surface area contributed by atoms with Gasteiger partial charge in [0.05, 0.1) is 13.2 Å². The minimum atomic E-state index is -0.652. The van der Waals surface area contributed by atoms with Crippen molar-refractivity contribution < 1.29 is 4.74 Å². The van der Waals surface area contributed by atoms with E-state index in [-0.39, 0.29) is 0 Å². The van der Waals surface area contributed by atoms with E-state index in [1.165, 1.54) is 4.90 Å². The third-order valence-corrected chi connectivity index (χ3v) is 4.05. The molecule has 0 aromatic heterocycles. The van der Waals surface area contributed by atoms with Gasteiger partial charge in [0.25, 0.3) is 0 Å². The van der Waals surface area contributed by atoms with Crippen LogP contribution in [0, 0.1) is 11.3 Å². The van der Waals surface area contributed by atoms with E-state index in [9.17, 15) is 0 Å². The molecule has 0 saturated carbocycles. The molecule has 0 heterocycles. The van der Waals surface area contributed by atoms with Crippen molar-refractivity contribution in [2.24, 2.45) is 5.73 Å². The second kappa shape index (κ2) is 7.30. The number of nitrogens with two attached hydrogens (primary N) is 1. The number of nitriles is 1. The standard InChI is InChI=1S/C14H20N2OS/c1-3-14(16,11-15)9-4-10-18-13-7-5-12(17-2)6-8-13/h5-8H,3-4,9-10,16H2,1-2H3. The fraction of sp³-hybridized carbons (Fsp3) is 0.500. The quantitative estimate of drug-likeness (QED) is 0.607. The van der Waals surface area contributed by atoms with Gasteiger partial charge in [-0.05, 0) is 49.3 Å². The minimum Gasteiger partial charge on any atom is -0.497 e. The highest BCUT2D eigenvalue weighted by molar-refractivity contribution is 7.99. The first-order valence-electron chi connectivity index (χ1n) is 6.10. The largest absolute Gasteiger partial charge is 0.497 e. The van der Waals surface area contributed by atoms with Gasteiger partial charge in [0.2, 0.25) is 0 Å². The Morgan fingerprint density at radius 1 is 1.39 bits per heavy atom. The Morgan fingerprint density at radius 2 is 2.06 bits per heavy atom. The first-order chi connectivity index (χ1) is 8.63. The summed E-state index contributed by atoms with van der Waals surface area (Å²) in [5.74, 6) is 1.85. The predicted molar refractivity (Wildman–Crippen MR) is 75.8 cm³/mol. The second-order valence-corrected chi connectivity index (χ2v) is 5.42. The van der Waals surface area contributed by atoms with Crippen LogP contribution in [0.5, 0.6) is 5.75 Å². The zero-order chi connectivity index (χ0) is 13.4. The van der Waals surface area contributed by atoms with Crippen LogP contribution in [0.3, 0.4) is 0 Å². The number of methoxy groups -OCH3 is 1. The molecule has 1 rings (SSSR count). The molecular weight excluding hydrogens is 244 g/mol. The molecule has 0 aliphatic carbocycles. The third kappa shape index (κ3) is 4.59. The Bertz CT molecular complexity index is 399. The van der Waals surface area contributed by atoms with Crippen molar-refractivity contribution in [1.82, 2.24) is 0 Å². The number of nitrogens with zero attached hydrogens (tertiary/aromatic N) is 1. The smallest absolute Gasteiger partial charge is 0.118 e. The molecule has 2 N–H and O–H groups in total. The van der Waals surface area contributed by atoms with Crippen LogP contribution in [0.25, 0.3) is 0 Å². The van der Waals surface area contributed by atoms with E-state index in [0.717, 1.165) is 24.3 Å². The van der Waals surface area contributed by atoms with Gasteiger partial charge < -0.3 is 10.5 Å². The number of hydrogen-bond donors (Lipinski definition) is 1. The Morgan fingerprint density at radius 3 is 2.56 bits per heavy atom. The Kier molecular flexibility index (Phi) is 6.03. The van der Waals surface area contributed by atoms with Crippen LogP contribution < -0.4 is 10.5 Å². The van der Waals surface area contributed by atoms with E-state index in [1.54, 1.807) is 18.9 Å². The van der Waals surface area contributed by atoms with E-state index >= 15 is 0 Å². The lowest BCUT2D eigenvalue weighted by molar-refractivity contribution is 0.414. The van der Waals surface area contributed by atoms with Crippen molar-refractivity contribution >= 4 is 11.8 Å². The molecule has 0 spiro atoms. The number of thioether (sulfide) groups is 1. The highest BCUT2D eigenvalue weighted by Crippen LogP contribution is 2.23. The number of ether oxygens (including phenoxy) is 1. The summed E-state index contributed by atoms with van der Waals surface area (Å²) in [6.07, 6.45) is 2.41. The normalized spacial score (nSPS) is 13.7.